The highest BCUT2D eigenvalue weighted by Crippen LogP contribution is 1.89. The molecule has 0 aliphatic heterocycles. The van der Waals surface area contributed by atoms with Crippen LogP contribution in [0.4, 0.5) is 0 Å². The number of hydrogen-bond donors (Lipinski definition) is 0. The van der Waals surface area contributed by atoms with Crippen LogP contribution < -0.4 is 0 Å². The second-order valence-electron chi connectivity index (χ2n) is 5.14. The van der Waals surface area contributed by atoms with E-state index < -0.39 is 0 Å². The smallest absolute Gasteiger partial charge is 0.0512 e. The maximum Gasteiger partial charge on any atom is 0.0512 e. The van der Waals surface area contributed by atoms with Gasteiger partial charge in [0.25, 0.3) is 0 Å². The predicted molar refractivity (Wildman–Crippen MR) is 99.5 cm³/mol. The molecule has 0 saturated heterocycles. The fourth-order valence-corrected chi connectivity index (χ4v) is 1.04. The minimum atomic E-state index is 0. The molecule has 0 N–H and O–H groups in total. The number of nitrogens with zero attached hydrogens (tertiary/aromatic N) is 3. The van der Waals surface area contributed by atoms with E-state index in [0.717, 1.165) is 19.9 Å². The second kappa shape index (κ2) is 27.3. The normalized spacial score (nSPS) is 9.00. The van der Waals surface area contributed by atoms with Crippen molar-refractivity contribution in [1.82, 2.24) is 14.7 Å². The Hall–Kier alpha value is -0.120. The number of hydrogen-bond acceptors (Lipinski definition) is 3. The van der Waals surface area contributed by atoms with Crippen molar-refractivity contribution in [3.63, 3.8) is 0 Å². The molecule has 0 fully saturated rings. The Balaban J connectivity index is -0.0000000708. The van der Waals surface area contributed by atoms with Gasteiger partial charge in [-0.15, -0.1) is 0 Å². The van der Waals surface area contributed by atoms with E-state index in [1.165, 1.54) is 19.3 Å². The summed E-state index contributed by atoms with van der Waals surface area (Å²) in [4.78, 5) is 6.75. The summed E-state index contributed by atoms with van der Waals surface area (Å²) in [5, 5.41) is 0. The quantitative estimate of drug-likeness (QED) is 0.649. The van der Waals surface area contributed by atoms with Crippen molar-refractivity contribution in [2.45, 2.75) is 68.7 Å². The Morgan fingerprint density at radius 3 is 0.950 bits per heavy atom. The van der Waals surface area contributed by atoms with Crippen molar-refractivity contribution in [3.05, 3.63) is 0 Å². The predicted octanol–water partition coefficient (Wildman–Crippen LogP) is 4.84. The zero-order valence-corrected chi connectivity index (χ0v) is 14.6. The van der Waals surface area contributed by atoms with Gasteiger partial charge in [0.1, 0.15) is 0 Å². The van der Waals surface area contributed by atoms with Crippen LogP contribution in [0.3, 0.4) is 0 Å². The zero-order chi connectivity index (χ0) is 15.0. The van der Waals surface area contributed by atoms with E-state index in [2.05, 4.69) is 77.5 Å². The monoisotopic (exact) mass is 293 g/mol. The average Bonchev–Trinajstić information content (AvgIpc) is 2.28. The Bertz CT molecular complexity index is 113. The van der Waals surface area contributed by atoms with Crippen molar-refractivity contribution in [3.8, 4) is 0 Å². The van der Waals surface area contributed by atoms with Crippen molar-refractivity contribution in [1.29, 1.82) is 0 Å². The van der Waals surface area contributed by atoms with Gasteiger partial charge in [-0.25, -0.2) is 0 Å². The third-order valence-electron chi connectivity index (χ3n) is 1.91. The molecule has 0 atom stereocenters. The molecule has 0 saturated carbocycles. The molecule has 0 aromatic carbocycles. The van der Waals surface area contributed by atoms with Gasteiger partial charge in [-0.2, -0.15) is 0 Å². The summed E-state index contributed by atoms with van der Waals surface area (Å²) in [7, 11) is 8.38. The van der Waals surface area contributed by atoms with E-state index in [9.17, 15) is 0 Å². The lowest BCUT2D eigenvalue weighted by Crippen LogP contribution is -2.39. The number of rotatable bonds is 6. The fraction of sp³-hybridized carbons (Fsp3) is 1.00. The van der Waals surface area contributed by atoms with Gasteiger partial charge in [-0.05, 0) is 34.7 Å². The molecule has 0 heterocycles. The molecular formula is C17H47N3. The maximum atomic E-state index is 2.38. The van der Waals surface area contributed by atoms with E-state index in [-0.39, 0.29) is 14.9 Å². The average molecular weight is 294 g/mol. The summed E-state index contributed by atoms with van der Waals surface area (Å²) in [5.74, 6) is 0. The third kappa shape index (κ3) is 43.0. The Kier molecular flexibility index (Phi) is 43.6. The standard InChI is InChI=1S/C8H21N3.C4H10.C3H8.2CH4/c1-6-11(7-9(2)3)8-10(4)5;1-3-4-2;1-3-2;;/h6-8H2,1-5H3;3-4H2,1-2H3;3H2,1-2H3;2*1H4. The first kappa shape index (κ1) is 32.0. The summed E-state index contributed by atoms with van der Waals surface area (Å²) < 4.78 is 0. The Morgan fingerprint density at radius 2 is 0.850 bits per heavy atom. The molecule has 0 spiro atoms. The number of unbranched alkanes of at least 4 members (excludes halogenated alkanes) is 1. The minimum Gasteiger partial charge on any atom is -0.297 e. The summed E-state index contributed by atoms with van der Waals surface area (Å²) in [6, 6.07) is 0. The Labute approximate surface area is 132 Å². The van der Waals surface area contributed by atoms with Gasteiger partial charge in [0.15, 0.2) is 0 Å². The summed E-state index contributed by atoms with van der Waals surface area (Å²) in [6.45, 7) is 14.0. The van der Waals surface area contributed by atoms with E-state index in [4.69, 9.17) is 0 Å². The van der Waals surface area contributed by atoms with Crippen molar-refractivity contribution in [2.75, 3.05) is 48.1 Å². The molecule has 130 valence electrons. The van der Waals surface area contributed by atoms with Crippen LogP contribution in [0.15, 0.2) is 0 Å². The molecule has 0 aromatic heterocycles. The lowest BCUT2D eigenvalue weighted by atomic mass is 10.4. The molecule has 0 bridgehead atoms. The molecule has 20 heavy (non-hydrogen) atoms. The highest BCUT2D eigenvalue weighted by atomic mass is 15.4. The first-order valence-electron chi connectivity index (χ1n) is 7.41. The molecule has 0 aliphatic rings. The lowest BCUT2D eigenvalue weighted by Gasteiger charge is -2.26. The van der Waals surface area contributed by atoms with Gasteiger partial charge >= 0.3 is 0 Å². The van der Waals surface area contributed by atoms with Gasteiger partial charge < -0.3 is 0 Å². The molecular weight excluding hydrogens is 246 g/mol. The van der Waals surface area contributed by atoms with Crippen LogP contribution in [-0.2, 0) is 0 Å². The van der Waals surface area contributed by atoms with E-state index in [0.29, 0.717) is 0 Å². The van der Waals surface area contributed by atoms with Crippen LogP contribution in [0.1, 0.15) is 68.7 Å². The summed E-state index contributed by atoms with van der Waals surface area (Å²) >= 11 is 0. The summed E-state index contributed by atoms with van der Waals surface area (Å²) in [6.07, 6.45) is 3.89. The molecule has 0 aliphatic carbocycles. The summed E-state index contributed by atoms with van der Waals surface area (Å²) in [5.41, 5.74) is 0. The van der Waals surface area contributed by atoms with Crippen molar-refractivity contribution >= 4 is 0 Å². The van der Waals surface area contributed by atoms with E-state index in [1.807, 2.05) is 0 Å². The molecule has 0 aromatic rings. The first-order valence-corrected chi connectivity index (χ1v) is 7.41. The second-order valence-corrected chi connectivity index (χ2v) is 5.14. The third-order valence-corrected chi connectivity index (χ3v) is 1.91. The highest BCUT2D eigenvalue weighted by molar-refractivity contribution is 4.50. The van der Waals surface area contributed by atoms with Gasteiger partial charge in [-0.1, -0.05) is 68.7 Å². The molecule has 0 amide bonds. The van der Waals surface area contributed by atoms with Crippen LogP contribution in [0.25, 0.3) is 0 Å². The van der Waals surface area contributed by atoms with Crippen LogP contribution in [0, 0.1) is 0 Å². The van der Waals surface area contributed by atoms with Gasteiger partial charge in [-0.3, -0.25) is 14.7 Å². The SMILES string of the molecule is C.C.CCC.CCCC.CCN(CN(C)C)CN(C)C. The Morgan fingerprint density at radius 1 is 0.600 bits per heavy atom. The largest absolute Gasteiger partial charge is 0.297 e. The lowest BCUT2D eigenvalue weighted by molar-refractivity contribution is 0.124. The molecule has 0 radical (unpaired) electrons. The van der Waals surface area contributed by atoms with Gasteiger partial charge in [0.05, 0.1) is 13.3 Å². The van der Waals surface area contributed by atoms with Crippen LogP contribution in [-0.4, -0.2) is 62.8 Å². The van der Waals surface area contributed by atoms with Crippen LogP contribution in [0.2, 0.25) is 0 Å². The highest BCUT2D eigenvalue weighted by Gasteiger charge is 2.02. The van der Waals surface area contributed by atoms with Gasteiger partial charge in [0.2, 0.25) is 0 Å². The van der Waals surface area contributed by atoms with Crippen LogP contribution in [0.5, 0.6) is 0 Å². The van der Waals surface area contributed by atoms with Gasteiger partial charge in [0, 0.05) is 0 Å². The molecule has 3 heteroatoms. The van der Waals surface area contributed by atoms with Crippen molar-refractivity contribution < 1.29 is 0 Å². The molecule has 0 unspecified atom stereocenters. The molecule has 3 nitrogen and oxygen atoms in total. The fourth-order valence-electron chi connectivity index (χ4n) is 1.04. The van der Waals surface area contributed by atoms with E-state index in [1.54, 1.807) is 0 Å². The van der Waals surface area contributed by atoms with Crippen LogP contribution >= 0.6 is 0 Å². The topological polar surface area (TPSA) is 9.72 Å². The maximum absolute atomic E-state index is 2.38. The van der Waals surface area contributed by atoms with E-state index >= 15 is 0 Å². The van der Waals surface area contributed by atoms with Crippen molar-refractivity contribution in [2.24, 2.45) is 0 Å². The molecule has 0 rings (SSSR count). The minimum absolute atomic E-state index is 0. The first-order chi connectivity index (χ1) is 8.39. The zero-order valence-electron chi connectivity index (χ0n) is 14.6.